The average molecular weight is 312 g/mol. The van der Waals surface area contributed by atoms with Gasteiger partial charge in [0.1, 0.15) is 5.75 Å². The van der Waals surface area contributed by atoms with Crippen molar-refractivity contribution in [1.29, 1.82) is 0 Å². The number of ketones is 1. The lowest BCUT2D eigenvalue weighted by Crippen LogP contribution is -2.02. The van der Waals surface area contributed by atoms with Gasteiger partial charge in [-0.2, -0.15) is 0 Å². The van der Waals surface area contributed by atoms with Crippen molar-refractivity contribution in [3.8, 4) is 16.9 Å². The van der Waals surface area contributed by atoms with Gasteiger partial charge in [-0.1, -0.05) is 37.8 Å². The Morgan fingerprint density at radius 2 is 1.95 bits per heavy atom. The first-order valence-corrected chi connectivity index (χ1v) is 8.38. The summed E-state index contributed by atoms with van der Waals surface area (Å²) in [4.78, 5) is 13.2. The molecule has 0 bridgehead atoms. The fourth-order valence-corrected chi connectivity index (χ4v) is 3.05. The van der Waals surface area contributed by atoms with Gasteiger partial charge in [0.2, 0.25) is 0 Å². The monoisotopic (exact) mass is 312 g/mol. The number of benzene rings is 2. The van der Waals surface area contributed by atoms with E-state index < -0.39 is 0 Å². The van der Waals surface area contributed by atoms with E-state index in [9.17, 15) is 4.79 Å². The standard InChI is InChI=1S/C19H20O2S/c1-5-17(20)13(2)19-16(10-7-11-18(19)22-4)14-8-6-9-15(12-14)21-3/h6-12H,2,5H2,1,3-4H3. The number of rotatable bonds is 6. The Morgan fingerprint density at radius 1 is 1.23 bits per heavy atom. The van der Waals surface area contributed by atoms with Crippen molar-refractivity contribution in [3.05, 3.63) is 54.6 Å². The zero-order valence-corrected chi connectivity index (χ0v) is 14.0. The highest BCUT2D eigenvalue weighted by molar-refractivity contribution is 7.98. The summed E-state index contributed by atoms with van der Waals surface area (Å²) >= 11 is 1.63. The van der Waals surface area contributed by atoms with Gasteiger partial charge in [-0.3, -0.25) is 4.79 Å². The van der Waals surface area contributed by atoms with Crippen LogP contribution in [0.3, 0.4) is 0 Å². The number of Topliss-reactive ketones (excluding diaryl/α,β-unsaturated/α-hetero) is 1. The van der Waals surface area contributed by atoms with E-state index in [-0.39, 0.29) is 5.78 Å². The van der Waals surface area contributed by atoms with Gasteiger partial charge < -0.3 is 4.74 Å². The minimum absolute atomic E-state index is 0.0747. The molecule has 2 aromatic carbocycles. The molecule has 0 aliphatic heterocycles. The van der Waals surface area contributed by atoms with Crippen molar-refractivity contribution in [1.82, 2.24) is 0 Å². The van der Waals surface area contributed by atoms with Crippen LogP contribution in [0.4, 0.5) is 0 Å². The summed E-state index contributed by atoms with van der Waals surface area (Å²) in [6, 6.07) is 13.9. The Kier molecular flexibility index (Phi) is 5.45. The topological polar surface area (TPSA) is 26.3 Å². The zero-order chi connectivity index (χ0) is 16.1. The molecule has 0 aliphatic rings. The molecule has 114 valence electrons. The van der Waals surface area contributed by atoms with Crippen molar-refractivity contribution in [2.24, 2.45) is 0 Å². The maximum absolute atomic E-state index is 12.2. The number of carbonyl (C=O) groups excluding carboxylic acids is 1. The molecule has 3 heteroatoms. The van der Waals surface area contributed by atoms with E-state index in [0.29, 0.717) is 12.0 Å². The number of thioether (sulfide) groups is 1. The third-order valence-corrected chi connectivity index (χ3v) is 4.37. The second kappa shape index (κ2) is 7.32. The lowest BCUT2D eigenvalue weighted by Gasteiger charge is -2.15. The summed E-state index contributed by atoms with van der Waals surface area (Å²) in [6.07, 6.45) is 2.47. The Labute approximate surface area is 136 Å². The van der Waals surface area contributed by atoms with Crippen LogP contribution in [0.25, 0.3) is 16.7 Å². The van der Waals surface area contributed by atoms with E-state index in [1.54, 1.807) is 18.9 Å². The van der Waals surface area contributed by atoms with Crippen molar-refractivity contribution in [2.45, 2.75) is 18.2 Å². The molecule has 0 aromatic heterocycles. The number of hydrogen-bond acceptors (Lipinski definition) is 3. The third kappa shape index (κ3) is 3.25. The highest BCUT2D eigenvalue weighted by atomic mass is 32.2. The summed E-state index contributed by atoms with van der Waals surface area (Å²) in [5.41, 5.74) is 3.54. The zero-order valence-electron chi connectivity index (χ0n) is 13.2. The second-order valence-corrected chi connectivity index (χ2v) is 5.72. The summed E-state index contributed by atoms with van der Waals surface area (Å²) in [5, 5.41) is 0. The molecular formula is C19H20O2S. The first kappa shape index (κ1) is 16.4. The molecule has 0 fully saturated rings. The molecule has 0 N–H and O–H groups in total. The van der Waals surface area contributed by atoms with Crippen LogP contribution in [0.5, 0.6) is 5.75 Å². The predicted octanol–water partition coefficient (Wildman–Crippen LogP) is 5.08. The van der Waals surface area contributed by atoms with E-state index in [1.807, 2.05) is 55.6 Å². The largest absolute Gasteiger partial charge is 0.497 e. The predicted molar refractivity (Wildman–Crippen MR) is 94.5 cm³/mol. The molecule has 0 saturated heterocycles. The summed E-state index contributed by atoms with van der Waals surface area (Å²) in [6.45, 7) is 5.90. The Morgan fingerprint density at radius 3 is 2.59 bits per heavy atom. The lowest BCUT2D eigenvalue weighted by molar-refractivity contribution is -0.113. The summed E-state index contributed by atoms with van der Waals surface area (Å²) < 4.78 is 5.31. The van der Waals surface area contributed by atoms with Crippen LogP contribution in [0.1, 0.15) is 18.9 Å². The van der Waals surface area contributed by atoms with E-state index in [2.05, 4.69) is 6.58 Å². The Balaban J connectivity index is 2.65. The van der Waals surface area contributed by atoms with Crippen LogP contribution in [0, 0.1) is 0 Å². The highest BCUT2D eigenvalue weighted by Gasteiger charge is 2.17. The smallest absolute Gasteiger partial charge is 0.162 e. The van der Waals surface area contributed by atoms with Crippen molar-refractivity contribution in [2.75, 3.05) is 13.4 Å². The molecule has 0 saturated carbocycles. The Bertz CT molecular complexity index is 704. The van der Waals surface area contributed by atoms with Crippen LogP contribution >= 0.6 is 11.8 Å². The van der Waals surface area contributed by atoms with E-state index in [0.717, 1.165) is 27.3 Å². The molecule has 0 unspecified atom stereocenters. The van der Waals surface area contributed by atoms with Crippen LogP contribution in [0.15, 0.2) is 53.9 Å². The van der Waals surface area contributed by atoms with Crippen LogP contribution in [0.2, 0.25) is 0 Å². The number of allylic oxidation sites excluding steroid dienone is 1. The van der Waals surface area contributed by atoms with Crippen LogP contribution < -0.4 is 4.74 Å². The SMILES string of the molecule is C=C(C(=O)CC)c1c(SC)cccc1-c1cccc(OC)c1. The van der Waals surface area contributed by atoms with Gasteiger partial charge in [-0.25, -0.2) is 0 Å². The molecule has 0 aliphatic carbocycles. The molecule has 0 heterocycles. The van der Waals surface area contributed by atoms with Gasteiger partial charge in [0.25, 0.3) is 0 Å². The number of carbonyl (C=O) groups is 1. The summed E-state index contributed by atoms with van der Waals surface area (Å²) in [5.74, 6) is 0.871. The highest BCUT2D eigenvalue weighted by Crippen LogP contribution is 2.36. The number of ether oxygens (including phenoxy) is 1. The van der Waals surface area contributed by atoms with Crippen molar-refractivity contribution >= 4 is 23.1 Å². The molecular weight excluding hydrogens is 292 g/mol. The molecule has 0 spiro atoms. The molecule has 22 heavy (non-hydrogen) atoms. The van der Waals surface area contributed by atoms with Crippen LogP contribution in [-0.4, -0.2) is 19.1 Å². The van der Waals surface area contributed by atoms with E-state index in [4.69, 9.17) is 4.74 Å². The van der Waals surface area contributed by atoms with Gasteiger partial charge in [0.05, 0.1) is 7.11 Å². The quantitative estimate of drug-likeness (QED) is 0.550. The third-order valence-electron chi connectivity index (χ3n) is 3.59. The molecule has 0 radical (unpaired) electrons. The van der Waals surface area contributed by atoms with Gasteiger partial charge in [0, 0.05) is 22.5 Å². The van der Waals surface area contributed by atoms with E-state index in [1.165, 1.54) is 0 Å². The van der Waals surface area contributed by atoms with Gasteiger partial charge in [0.15, 0.2) is 5.78 Å². The van der Waals surface area contributed by atoms with Gasteiger partial charge in [-0.15, -0.1) is 11.8 Å². The average Bonchev–Trinajstić information content (AvgIpc) is 2.59. The first-order chi connectivity index (χ1) is 10.6. The molecule has 0 amide bonds. The fraction of sp³-hybridized carbons (Fsp3) is 0.211. The number of hydrogen-bond donors (Lipinski definition) is 0. The van der Waals surface area contributed by atoms with Crippen molar-refractivity contribution < 1.29 is 9.53 Å². The van der Waals surface area contributed by atoms with Gasteiger partial charge >= 0.3 is 0 Å². The first-order valence-electron chi connectivity index (χ1n) is 7.16. The van der Waals surface area contributed by atoms with Crippen molar-refractivity contribution in [3.63, 3.8) is 0 Å². The number of methoxy groups -OCH3 is 1. The molecule has 0 atom stereocenters. The Hall–Kier alpha value is -2.00. The lowest BCUT2D eigenvalue weighted by atomic mass is 9.92. The fourth-order valence-electron chi connectivity index (χ4n) is 2.40. The normalized spacial score (nSPS) is 10.3. The molecule has 2 aromatic rings. The second-order valence-electron chi connectivity index (χ2n) is 4.87. The molecule has 2 nitrogen and oxygen atoms in total. The molecule has 2 rings (SSSR count). The van der Waals surface area contributed by atoms with E-state index >= 15 is 0 Å². The maximum atomic E-state index is 12.2. The van der Waals surface area contributed by atoms with Gasteiger partial charge in [-0.05, 0) is 35.6 Å². The maximum Gasteiger partial charge on any atom is 0.162 e. The van der Waals surface area contributed by atoms with Crippen LogP contribution in [-0.2, 0) is 4.79 Å². The minimum Gasteiger partial charge on any atom is -0.497 e. The minimum atomic E-state index is 0.0747. The summed E-state index contributed by atoms with van der Waals surface area (Å²) in [7, 11) is 1.65.